The largest absolute Gasteiger partial charge is 0.381 e. The molecule has 0 bridgehead atoms. The lowest BCUT2D eigenvalue weighted by Crippen LogP contribution is -2.54. The number of likely N-dealkylation sites (tertiary alicyclic amines) is 1. The van der Waals surface area contributed by atoms with E-state index in [1.54, 1.807) is 0 Å². The van der Waals surface area contributed by atoms with Crippen LogP contribution in [0.3, 0.4) is 0 Å². The monoisotopic (exact) mass is 252 g/mol. The van der Waals surface area contributed by atoms with Gasteiger partial charge in [0.05, 0.1) is 0 Å². The van der Waals surface area contributed by atoms with E-state index in [-0.39, 0.29) is 5.92 Å². The van der Waals surface area contributed by atoms with E-state index >= 15 is 0 Å². The maximum Gasteiger partial charge on any atom is 0.225 e. The number of hydrogen-bond acceptors (Lipinski definition) is 3. The zero-order chi connectivity index (χ0) is 12.4. The summed E-state index contributed by atoms with van der Waals surface area (Å²) in [7, 11) is 0. The molecule has 3 aliphatic rings. The van der Waals surface area contributed by atoms with Crippen molar-refractivity contribution in [2.45, 2.75) is 38.1 Å². The number of ether oxygens (including phenoxy) is 1. The van der Waals surface area contributed by atoms with E-state index in [1.165, 1.54) is 12.8 Å². The number of carbonyl (C=O) groups excluding carboxylic acids is 1. The van der Waals surface area contributed by atoms with Gasteiger partial charge in [-0.1, -0.05) is 0 Å². The van der Waals surface area contributed by atoms with Gasteiger partial charge in [-0.2, -0.15) is 0 Å². The van der Waals surface area contributed by atoms with Gasteiger partial charge < -0.3 is 15.0 Å². The molecule has 18 heavy (non-hydrogen) atoms. The zero-order valence-electron chi connectivity index (χ0n) is 11.1. The smallest absolute Gasteiger partial charge is 0.225 e. The number of rotatable bonds is 1. The minimum Gasteiger partial charge on any atom is -0.381 e. The topological polar surface area (TPSA) is 41.6 Å². The molecule has 0 unspecified atom stereocenters. The van der Waals surface area contributed by atoms with Gasteiger partial charge in [0.15, 0.2) is 0 Å². The fourth-order valence-corrected chi connectivity index (χ4v) is 3.65. The maximum absolute atomic E-state index is 12.5. The number of fused-ring (bicyclic) bond motifs is 1. The number of nitrogens with one attached hydrogen (secondary N) is 1. The van der Waals surface area contributed by atoms with Crippen LogP contribution < -0.4 is 5.32 Å². The average Bonchev–Trinajstić information content (AvgIpc) is 2.47. The summed E-state index contributed by atoms with van der Waals surface area (Å²) in [6.07, 6.45) is 5.53. The molecule has 0 radical (unpaired) electrons. The molecule has 4 heteroatoms. The minimum atomic E-state index is 0.229. The summed E-state index contributed by atoms with van der Waals surface area (Å²) in [5, 5.41) is 3.60. The fraction of sp³-hybridized carbons (Fsp3) is 0.929. The molecule has 4 nitrogen and oxygen atoms in total. The molecule has 0 aromatic rings. The zero-order valence-corrected chi connectivity index (χ0v) is 11.1. The van der Waals surface area contributed by atoms with Crippen molar-refractivity contribution in [3.63, 3.8) is 0 Å². The first-order chi connectivity index (χ1) is 8.84. The number of amides is 1. The highest BCUT2D eigenvalue weighted by atomic mass is 16.5. The molecule has 3 saturated heterocycles. The summed E-state index contributed by atoms with van der Waals surface area (Å²) in [6, 6.07) is 0.664. The Balaban J connectivity index is 1.57. The molecule has 3 heterocycles. The highest BCUT2D eigenvalue weighted by Crippen LogP contribution is 2.27. The lowest BCUT2D eigenvalue weighted by atomic mass is 9.84. The molecular weight excluding hydrogens is 228 g/mol. The lowest BCUT2D eigenvalue weighted by molar-refractivity contribution is -0.141. The first kappa shape index (κ1) is 12.4. The Bertz CT molecular complexity index is 302. The van der Waals surface area contributed by atoms with Crippen molar-refractivity contribution in [1.29, 1.82) is 0 Å². The average molecular weight is 252 g/mol. The van der Waals surface area contributed by atoms with Crippen molar-refractivity contribution in [3.8, 4) is 0 Å². The molecular formula is C14H24N2O2. The number of hydrogen-bond donors (Lipinski definition) is 1. The molecule has 102 valence electrons. The molecule has 0 spiro atoms. The molecule has 3 fully saturated rings. The Labute approximate surface area is 109 Å². The highest BCUT2D eigenvalue weighted by Gasteiger charge is 2.35. The molecule has 0 aromatic heterocycles. The van der Waals surface area contributed by atoms with Crippen molar-refractivity contribution in [2.75, 3.05) is 32.8 Å². The molecule has 0 aromatic carbocycles. The molecule has 3 rings (SSSR count). The Hall–Kier alpha value is -0.610. The van der Waals surface area contributed by atoms with Gasteiger partial charge in [-0.25, -0.2) is 0 Å². The van der Waals surface area contributed by atoms with E-state index in [1.807, 2.05) is 0 Å². The van der Waals surface area contributed by atoms with Gasteiger partial charge in [0.2, 0.25) is 5.91 Å². The number of nitrogens with zero attached hydrogens (tertiary/aromatic N) is 1. The highest BCUT2D eigenvalue weighted by molar-refractivity contribution is 5.79. The second-order valence-electron chi connectivity index (χ2n) is 5.92. The van der Waals surface area contributed by atoms with Crippen molar-refractivity contribution in [2.24, 2.45) is 11.8 Å². The predicted molar refractivity (Wildman–Crippen MR) is 69.3 cm³/mol. The van der Waals surface area contributed by atoms with E-state index < -0.39 is 0 Å². The van der Waals surface area contributed by atoms with Gasteiger partial charge in [0.25, 0.3) is 0 Å². The minimum absolute atomic E-state index is 0.229. The SMILES string of the molecule is O=C(C1CCOCC1)N1CC[C@H]2NCCC[C@H]2C1. The van der Waals surface area contributed by atoms with E-state index in [2.05, 4.69) is 10.2 Å². The standard InChI is InChI=1S/C14H24N2O2/c17-14(11-4-8-18-9-5-11)16-7-3-13-12(10-16)2-1-6-15-13/h11-13,15H,1-10H2/t12-,13+/m0/s1. The molecule has 1 amide bonds. The summed E-state index contributed by atoms with van der Waals surface area (Å²) in [5.74, 6) is 1.31. The Morgan fingerprint density at radius 1 is 1.17 bits per heavy atom. The first-order valence-corrected chi connectivity index (χ1v) is 7.44. The van der Waals surface area contributed by atoms with Gasteiger partial charge in [0, 0.05) is 38.3 Å². The summed E-state index contributed by atoms with van der Waals surface area (Å²) in [6.45, 7) is 4.61. The van der Waals surface area contributed by atoms with Crippen LogP contribution in [0.15, 0.2) is 0 Å². The quantitative estimate of drug-likeness (QED) is 0.757. The lowest BCUT2D eigenvalue weighted by Gasteiger charge is -2.43. The van der Waals surface area contributed by atoms with Crippen molar-refractivity contribution in [1.82, 2.24) is 10.2 Å². The van der Waals surface area contributed by atoms with Crippen LogP contribution in [0, 0.1) is 11.8 Å². The van der Waals surface area contributed by atoms with Crippen LogP contribution in [-0.2, 0) is 9.53 Å². The summed E-state index contributed by atoms with van der Waals surface area (Å²) < 4.78 is 5.34. The van der Waals surface area contributed by atoms with Gasteiger partial charge >= 0.3 is 0 Å². The third kappa shape index (κ3) is 2.54. The summed E-state index contributed by atoms with van der Waals surface area (Å²) in [4.78, 5) is 14.6. The second kappa shape index (κ2) is 5.57. The normalized spacial score (nSPS) is 34.1. The van der Waals surface area contributed by atoms with Crippen LogP contribution in [0.1, 0.15) is 32.1 Å². The van der Waals surface area contributed by atoms with Crippen molar-refractivity contribution in [3.05, 3.63) is 0 Å². The summed E-state index contributed by atoms with van der Waals surface area (Å²) >= 11 is 0. The molecule has 3 aliphatic heterocycles. The van der Waals surface area contributed by atoms with E-state index in [0.29, 0.717) is 17.9 Å². The third-order valence-corrected chi connectivity index (χ3v) is 4.77. The third-order valence-electron chi connectivity index (χ3n) is 4.77. The van der Waals surface area contributed by atoms with Gasteiger partial charge in [-0.3, -0.25) is 4.79 Å². The predicted octanol–water partition coefficient (Wildman–Crippen LogP) is 1.01. The Morgan fingerprint density at radius 2 is 2.00 bits per heavy atom. The number of carbonyl (C=O) groups is 1. The van der Waals surface area contributed by atoms with Crippen molar-refractivity contribution >= 4 is 5.91 Å². The molecule has 0 aliphatic carbocycles. The van der Waals surface area contributed by atoms with E-state index in [9.17, 15) is 4.79 Å². The van der Waals surface area contributed by atoms with E-state index in [0.717, 1.165) is 52.1 Å². The van der Waals surface area contributed by atoms with Crippen LogP contribution in [0.5, 0.6) is 0 Å². The van der Waals surface area contributed by atoms with Gasteiger partial charge in [-0.15, -0.1) is 0 Å². The van der Waals surface area contributed by atoms with Crippen molar-refractivity contribution < 1.29 is 9.53 Å². The van der Waals surface area contributed by atoms with Crippen LogP contribution in [0.4, 0.5) is 0 Å². The van der Waals surface area contributed by atoms with Crippen LogP contribution in [0.2, 0.25) is 0 Å². The molecule has 2 atom stereocenters. The Kier molecular flexibility index (Phi) is 3.85. The van der Waals surface area contributed by atoms with Crippen LogP contribution in [0.25, 0.3) is 0 Å². The van der Waals surface area contributed by atoms with Gasteiger partial charge in [0.1, 0.15) is 0 Å². The fourth-order valence-electron chi connectivity index (χ4n) is 3.65. The van der Waals surface area contributed by atoms with Gasteiger partial charge in [-0.05, 0) is 44.6 Å². The van der Waals surface area contributed by atoms with Crippen LogP contribution in [-0.4, -0.2) is 49.7 Å². The maximum atomic E-state index is 12.5. The summed E-state index contributed by atoms with van der Waals surface area (Å²) in [5.41, 5.74) is 0. The van der Waals surface area contributed by atoms with E-state index in [4.69, 9.17) is 4.74 Å². The molecule has 1 N–H and O–H groups in total. The second-order valence-corrected chi connectivity index (χ2v) is 5.92. The molecule has 0 saturated carbocycles. The number of piperidine rings is 2. The first-order valence-electron chi connectivity index (χ1n) is 7.44. The van der Waals surface area contributed by atoms with Crippen LogP contribution >= 0.6 is 0 Å². The Morgan fingerprint density at radius 3 is 2.83 bits per heavy atom.